The number of imidazole rings is 1. The van der Waals surface area contributed by atoms with E-state index < -0.39 is 45.6 Å². The Labute approximate surface area is 198 Å². The molecule has 3 heterocycles. The van der Waals surface area contributed by atoms with Crippen LogP contribution >= 0.6 is 14.5 Å². The maximum atomic E-state index is 12.0. The van der Waals surface area contributed by atoms with Gasteiger partial charge >= 0.3 is 14.5 Å². The third-order valence-corrected chi connectivity index (χ3v) is 7.78. The Morgan fingerprint density at radius 3 is 2.65 bits per heavy atom. The molecule has 1 aliphatic heterocycles. The summed E-state index contributed by atoms with van der Waals surface area (Å²) in [6, 6.07) is 8.69. The monoisotopic (exact) mass is 532 g/mol. The van der Waals surface area contributed by atoms with Gasteiger partial charge < -0.3 is 35.6 Å². The van der Waals surface area contributed by atoms with Gasteiger partial charge in [-0.2, -0.15) is 0 Å². The fourth-order valence-corrected chi connectivity index (χ4v) is 5.91. The highest BCUT2D eigenvalue weighted by Crippen LogP contribution is 2.58. The summed E-state index contributed by atoms with van der Waals surface area (Å²) in [5, 5.41) is 14.2. The predicted molar refractivity (Wildman–Crippen MR) is 122 cm³/mol. The van der Waals surface area contributed by atoms with Crippen molar-refractivity contribution in [1.82, 2.24) is 24.8 Å². The number of aliphatic hydroxyl groups is 1. The largest absolute Gasteiger partial charge is 0.479 e. The summed E-state index contributed by atoms with van der Waals surface area (Å²) in [4.78, 5) is 40.3. The van der Waals surface area contributed by atoms with Crippen LogP contribution in [-0.4, -0.2) is 64.2 Å². The molecule has 1 aromatic carbocycles. The normalized spacial score (nSPS) is 24.9. The van der Waals surface area contributed by atoms with Crippen LogP contribution in [0.5, 0.6) is 0 Å². The number of rotatable bonds is 9. The Bertz CT molecular complexity index is 1240. The van der Waals surface area contributed by atoms with Crippen LogP contribution < -0.4 is 11.1 Å². The van der Waals surface area contributed by atoms with Gasteiger partial charge in [-0.3, -0.25) is 9.09 Å². The molecule has 34 heavy (non-hydrogen) atoms. The van der Waals surface area contributed by atoms with Gasteiger partial charge in [-0.1, -0.05) is 30.3 Å². The molecule has 0 aliphatic carbocycles. The van der Waals surface area contributed by atoms with Gasteiger partial charge in [-0.05, 0) is 17.4 Å². The first kappa shape index (κ1) is 25.2. The van der Waals surface area contributed by atoms with E-state index in [2.05, 4.69) is 36.4 Å². The number of nitrogens with one attached hydrogen (secondary N) is 1. The molecular formula is C17H22N6O8P2S. The summed E-state index contributed by atoms with van der Waals surface area (Å²) in [6.45, 7) is -4.71. The number of ether oxygens (including phenoxy) is 1. The standard InChI is InChI=1S/C17H22N6O8P2S/c18-15-13-16(21-8-20-15)23(9-22-13)17-12(19-6-10-4-2-1-3-5-10)14(24)11(30-17)7-29-32(25,26)31-33(27,28)34/h1-5,8-9,11-12,14,17,19,24H,6-7H2,(H,25,26)(H2,18,20,21)(H2,27,28,34)/t11-,12-,14-,17-/m1/s1. The maximum Gasteiger partial charge on any atom is 0.479 e. The summed E-state index contributed by atoms with van der Waals surface area (Å²) in [5.41, 5.74) is 7.51. The maximum absolute atomic E-state index is 12.0. The number of benzene rings is 1. The third kappa shape index (κ3) is 5.85. The van der Waals surface area contributed by atoms with Crippen molar-refractivity contribution >= 4 is 43.3 Å². The molecular weight excluding hydrogens is 510 g/mol. The van der Waals surface area contributed by atoms with Gasteiger partial charge in [-0.15, -0.1) is 0 Å². The number of aromatic nitrogens is 4. The van der Waals surface area contributed by atoms with Crippen molar-refractivity contribution in [3.8, 4) is 0 Å². The minimum Gasteiger partial charge on any atom is -0.389 e. The number of phosphoric acid groups is 1. The minimum absolute atomic E-state index is 0.165. The molecule has 0 bridgehead atoms. The van der Waals surface area contributed by atoms with Crippen LogP contribution in [0.25, 0.3) is 11.2 Å². The molecule has 0 radical (unpaired) electrons. The lowest BCUT2D eigenvalue weighted by molar-refractivity contribution is -0.0430. The fourth-order valence-electron chi connectivity index (χ4n) is 3.56. The SMILES string of the molecule is Nc1ncnc2c1ncn2[C@@H]1O[C@H](COP(=O)(O)OP(O)(O)=S)[C@@H](O)[C@H]1NCc1ccccc1. The molecule has 7 N–H and O–H groups in total. The van der Waals surface area contributed by atoms with Crippen LogP contribution in [0.1, 0.15) is 11.8 Å². The minimum atomic E-state index is -4.92. The summed E-state index contributed by atoms with van der Waals surface area (Å²) >= 11 is 4.20. The molecule has 0 amide bonds. The zero-order chi connectivity index (χ0) is 24.5. The van der Waals surface area contributed by atoms with Crippen molar-refractivity contribution in [3.63, 3.8) is 0 Å². The fraction of sp³-hybridized carbons (Fsp3) is 0.353. The van der Waals surface area contributed by atoms with Crippen LogP contribution in [0.3, 0.4) is 0 Å². The van der Waals surface area contributed by atoms with Crippen LogP contribution in [0.15, 0.2) is 43.0 Å². The molecule has 4 rings (SSSR count). The van der Waals surface area contributed by atoms with E-state index in [9.17, 15) is 14.6 Å². The smallest absolute Gasteiger partial charge is 0.389 e. The Kier molecular flexibility index (Phi) is 7.43. The first-order valence-corrected chi connectivity index (χ1v) is 13.9. The number of nitrogens with zero attached hydrogens (tertiary/aromatic N) is 4. The summed E-state index contributed by atoms with van der Waals surface area (Å²) in [5.74, 6) is 0.165. The van der Waals surface area contributed by atoms with Crippen molar-refractivity contribution in [3.05, 3.63) is 48.5 Å². The Morgan fingerprint density at radius 2 is 1.94 bits per heavy atom. The average Bonchev–Trinajstić information content (AvgIpc) is 3.32. The molecule has 1 aliphatic rings. The lowest BCUT2D eigenvalue weighted by Crippen LogP contribution is -2.43. The average molecular weight is 532 g/mol. The Morgan fingerprint density at radius 1 is 1.21 bits per heavy atom. The summed E-state index contributed by atoms with van der Waals surface area (Å²) < 4.78 is 28.4. The number of hydrogen-bond donors (Lipinski definition) is 6. The molecule has 2 aromatic heterocycles. The molecule has 1 unspecified atom stereocenters. The van der Waals surface area contributed by atoms with Crippen LogP contribution in [-0.2, 0) is 36.5 Å². The number of fused-ring (bicyclic) bond motifs is 1. The number of phosphoric ester groups is 1. The van der Waals surface area contributed by atoms with Gasteiger partial charge in [0.1, 0.15) is 24.1 Å². The van der Waals surface area contributed by atoms with E-state index in [0.717, 1.165) is 5.56 Å². The van der Waals surface area contributed by atoms with Crippen molar-refractivity contribution in [2.24, 2.45) is 0 Å². The van der Waals surface area contributed by atoms with Gasteiger partial charge in [0.15, 0.2) is 17.7 Å². The highest BCUT2D eigenvalue weighted by molar-refractivity contribution is 8.08. The number of aliphatic hydroxyl groups excluding tert-OH is 1. The molecule has 1 saturated heterocycles. The van der Waals surface area contributed by atoms with Gasteiger partial charge in [-0.25, -0.2) is 23.8 Å². The quantitative estimate of drug-likeness (QED) is 0.203. The van der Waals surface area contributed by atoms with Gasteiger partial charge in [0.2, 0.25) is 0 Å². The molecule has 14 nitrogen and oxygen atoms in total. The van der Waals surface area contributed by atoms with E-state index in [1.54, 1.807) is 4.57 Å². The number of nitrogen functional groups attached to an aromatic ring is 1. The lowest BCUT2D eigenvalue weighted by atomic mass is 10.1. The van der Waals surface area contributed by atoms with E-state index in [4.69, 9.17) is 24.8 Å². The molecule has 5 atom stereocenters. The molecule has 17 heteroatoms. The summed E-state index contributed by atoms with van der Waals surface area (Å²) in [7, 11) is -4.92. The number of hydrogen-bond acceptors (Lipinski definition) is 11. The van der Waals surface area contributed by atoms with Crippen molar-refractivity contribution < 1.29 is 37.9 Å². The van der Waals surface area contributed by atoms with Gasteiger partial charge in [0, 0.05) is 6.54 Å². The Hall–Kier alpha value is -1.87. The van der Waals surface area contributed by atoms with E-state index in [1.165, 1.54) is 12.7 Å². The highest BCUT2D eigenvalue weighted by atomic mass is 32.5. The number of nitrogens with two attached hydrogens (primary N) is 1. The second-order valence-electron chi connectivity index (χ2n) is 7.37. The highest BCUT2D eigenvalue weighted by Gasteiger charge is 2.46. The molecule has 0 saturated carbocycles. The summed E-state index contributed by atoms with van der Waals surface area (Å²) in [6.07, 6.45) is -0.513. The topological polar surface area (TPSA) is 207 Å². The van der Waals surface area contributed by atoms with Crippen LogP contribution in [0.2, 0.25) is 0 Å². The van der Waals surface area contributed by atoms with E-state index in [1.807, 2.05) is 30.3 Å². The van der Waals surface area contributed by atoms with Gasteiger partial charge in [0.05, 0.1) is 19.0 Å². The van der Waals surface area contributed by atoms with Crippen LogP contribution in [0.4, 0.5) is 5.82 Å². The zero-order valence-electron chi connectivity index (χ0n) is 17.4. The predicted octanol–water partition coefficient (Wildman–Crippen LogP) is 0.168. The molecule has 0 spiro atoms. The lowest BCUT2D eigenvalue weighted by Gasteiger charge is -2.23. The third-order valence-electron chi connectivity index (χ3n) is 5.03. The van der Waals surface area contributed by atoms with E-state index in [-0.39, 0.29) is 5.82 Å². The first-order chi connectivity index (χ1) is 16.0. The van der Waals surface area contributed by atoms with Gasteiger partial charge in [0.25, 0.3) is 0 Å². The Balaban J connectivity index is 1.57. The molecule has 184 valence electrons. The second kappa shape index (κ2) is 10.0. The number of anilines is 1. The van der Waals surface area contributed by atoms with Crippen molar-refractivity contribution in [2.75, 3.05) is 12.3 Å². The second-order valence-corrected chi connectivity index (χ2v) is 11.6. The van der Waals surface area contributed by atoms with Crippen molar-refractivity contribution in [1.29, 1.82) is 0 Å². The molecule has 1 fully saturated rings. The van der Waals surface area contributed by atoms with E-state index in [0.29, 0.717) is 17.7 Å². The van der Waals surface area contributed by atoms with E-state index >= 15 is 0 Å². The molecule has 3 aromatic rings. The van der Waals surface area contributed by atoms with Crippen molar-refractivity contribution in [2.45, 2.75) is 31.0 Å². The zero-order valence-corrected chi connectivity index (χ0v) is 20.0. The van der Waals surface area contributed by atoms with Crippen LogP contribution in [0, 0.1) is 0 Å². The first-order valence-electron chi connectivity index (χ1n) is 9.82.